The number of fused-ring (bicyclic) bond motifs is 3. The zero-order valence-electron chi connectivity index (χ0n) is 33.0. The number of hydrogen-bond acceptors (Lipinski definition) is 5. The molecule has 0 aliphatic rings. The Labute approximate surface area is 306 Å². The molecule has 0 fully saturated rings. The number of unbranched alkanes of at least 4 members (excludes halogenated alkanes) is 20. The topological polar surface area (TPSA) is 61.1 Å². The number of aryl methyl sites for hydroxylation is 2. The second-order valence-corrected chi connectivity index (χ2v) is 14.9. The molecule has 3 rings (SSSR count). The molecule has 0 aliphatic carbocycles. The van der Waals surface area contributed by atoms with Crippen LogP contribution in [0.5, 0.6) is 17.2 Å². The highest BCUT2D eigenvalue weighted by Gasteiger charge is 2.23. The number of furan rings is 1. The predicted molar refractivity (Wildman–Crippen MR) is 214 cm³/mol. The van der Waals surface area contributed by atoms with Crippen molar-refractivity contribution in [2.24, 2.45) is 0 Å². The van der Waals surface area contributed by atoms with E-state index in [9.17, 15) is 5.11 Å². The van der Waals surface area contributed by atoms with Gasteiger partial charge in [-0.1, -0.05) is 155 Å². The van der Waals surface area contributed by atoms with Crippen molar-refractivity contribution in [3.05, 3.63) is 29.3 Å². The SMILES string of the molecule is CCCCCCCCCCCCCCCc1ccc2c(oc3cc(CCCCCCCC(O)CCCCCCC)c(OC)c(OC)c32)c1OC. The van der Waals surface area contributed by atoms with Gasteiger partial charge in [0.15, 0.2) is 22.8 Å². The van der Waals surface area contributed by atoms with Gasteiger partial charge in [0.2, 0.25) is 0 Å². The molecule has 50 heavy (non-hydrogen) atoms. The zero-order valence-corrected chi connectivity index (χ0v) is 33.0. The lowest BCUT2D eigenvalue weighted by molar-refractivity contribution is 0.147. The number of ether oxygens (including phenoxy) is 3. The maximum atomic E-state index is 10.3. The third-order valence-electron chi connectivity index (χ3n) is 10.7. The molecule has 0 saturated heterocycles. The van der Waals surface area contributed by atoms with Crippen LogP contribution in [0.3, 0.4) is 0 Å². The Kier molecular flexibility index (Phi) is 21.5. The van der Waals surface area contributed by atoms with Gasteiger partial charge in [0, 0.05) is 10.9 Å². The van der Waals surface area contributed by atoms with E-state index in [4.69, 9.17) is 18.6 Å². The molecule has 1 unspecified atom stereocenters. The molecule has 0 bridgehead atoms. The van der Waals surface area contributed by atoms with Crippen LogP contribution in [0, 0.1) is 0 Å². The third kappa shape index (κ3) is 14.0. The highest BCUT2D eigenvalue weighted by atomic mass is 16.5. The van der Waals surface area contributed by atoms with Gasteiger partial charge in [-0.05, 0) is 56.2 Å². The standard InChI is InChI=1S/C45H74O5/c1-6-8-10-12-13-14-15-16-17-18-19-22-25-29-36-33-34-39-41-40(50-44(39)42(36)47-3)35-37(43(48-4)45(41)49-5)30-26-23-20-24-28-32-38(46)31-27-21-11-9-7-2/h33-35,38,46H,6-32H2,1-5H3. The zero-order chi connectivity index (χ0) is 35.8. The molecule has 1 heterocycles. The fourth-order valence-corrected chi connectivity index (χ4v) is 7.73. The quantitative estimate of drug-likeness (QED) is 0.0679. The second-order valence-electron chi connectivity index (χ2n) is 14.9. The lowest BCUT2D eigenvalue weighted by Gasteiger charge is -2.14. The summed E-state index contributed by atoms with van der Waals surface area (Å²) in [5.74, 6) is 2.40. The maximum Gasteiger partial charge on any atom is 0.177 e. The minimum Gasteiger partial charge on any atom is -0.493 e. The van der Waals surface area contributed by atoms with Gasteiger partial charge in [-0.25, -0.2) is 0 Å². The minimum absolute atomic E-state index is 0.127. The molecule has 5 heteroatoms. The predicted octanol–water partition coefficient (Wildman–Crippen LogP) is 13.8. The van der Waals surface area contributed by atoms with Crippen LogP contribution in [0.4, 0.5) is 0 Å². The summed E-state index contributed by atoms with van der Waals surface area (Å²) >= 11 is 0. The van der Waals surface area contributed by atoms with E-state index in [2.05, 4.69) is 32.0 Å². The fourth-order valence-electron chi connectivity index (χ4n) is 7.73. The molecule has 1 aromatic heterocycles. The number of methoxy groups -OCH3 is 3. The largest absolute Gasteiger partial charge is 0.493 e. The van der Waals surface area contributed by atoms with Gasteiger partial charge in [-0.2, -0.15) is 0 Å². The van der Waals surface area contributed by atoms with Gasteiger partial charge in [-0.15, -0.1) is 0 Å². The van der Waals surface area contributed by atoms with E-state index in [1.54, 1.807) is 21.3 Å². The lowest BCUT2D eigenvalue weighted by atomic mass is 9.99. The van der Waals surface area contributed by atoms with Crippen LogP contribution in [-0.2, 0) is 12.8 Å². The normalized spacial score (nSPS) is 12.3. The summed E-state index contributed by atoms with van der Waals surface area (Å²) in [4.78, 5) is 0. The van der Waals surface area contributed by atoms with Crippen LogP contribution in [0.25, 0.3) is 21.9 Å². The Hall–Kier alpha value is -2.40. The van der Waals surface area contributed by atoms with Crippen molar-refractivity contribution in [2.45, 2.75) is 193 Å². The Morgan fingerprint density at radius 2 is 0.960 bits per heavy atom. The molecule has 0 spiro atoms. The molecule has 5 nitrogen and oxygen atoms in total. The summed E-state index contributed by atoms with van der Waals surface area (Å²) in [7, 11) is 5.21. The number of aliphatic hydroxyl groups excluding tert-OH is 1. The van der Waals surface area contributed by atoms with Crippen molar-refractivity contribution in [2.75, 3.05) is 21.3 Å². The van der Waals surface area contributed by atoms with Crippen molar-refractivity contribution in [1.29, 1.82) is 0 Å². The van der Waals surface area contributed by atoms with Gasteiger partial charge < -0.3 is 23.7 Å². The number of rotatable bonds is 31. The maximum absolute atomic E-state index is 10.3. The van der Waals surface area contributed by atoms with Gasteiger partial charge in [-0.3, -0.25) is 0 Å². The summed E-state index contributed by atoms with van der Waals surface area (Å²) < 4.78 is 24.5. The van der Waals surface area contributed by atoms with Gasteiger partial charge >= 0.3 is 0 Å². The number of hydrogen-bond donors (Lipinski definition) is 1. The van der Waals surface area contributed by atoms with Crippen LogP contribution in [0.2, 0.25) is 0 Å². The Morgan fingerprint density at radius 3 is 1.44 bits per heavy atom. The Balaban J connectivity index is 1.49. The fraction of sp³-hybridized carbons (Fsp3) is 0.733. The van der Waals surface area contributed by atoms with Crippen molar-refractivity contribution in [1.82, 2.24) is 0 Å². The van der Waals surface area contributed by atoms with Crippen molar-refractivity contribution >= 4 is 21.9 Å². The smallest absolute Gasteiger partial charge is 0.177 e. The van der Waals surface area contributed by atoms with Crippen molar-refractivity contribution in [3.8, 4) is 17.2 Å². The van der Waals surface area contributed by atoms with Gasteiger partial charge in [0.05, 0.1) is 32.8 Å². The summed E-state index contributed by atoms with van der Waals surface area (Å²) in [5, 5.41) is 12.3. The Bertz CT molecular complexity index is 1310. The van der Waals surface area contributed by atoms with E-state index < -0.39 is 0 Å². The molecule has 3 aromatic rings. The Morgan fingerprint density at radius 1 is 0.520 bits per heavy atom. The molecule has 0 aliphatic heterocycles. The molecule has 2 aromatic carbocycles. The molecule has 284 valence electrons. The molecule has 0 amide bonds. The van der Waals surface area contributed by atoms with Crippen LogP contribution >= 0.6 is 0 Å². The van der Waals surface area contributed by atoms with E-state index in [0.717, 1.165) is 96.1 Å². The van der Waals surface area contributed by atoms with Crippen LogP contribution in [0.1, 0.15) is 185 Å². The highest BCUT2D eigenvalue weighted by Crippen LogP contribution is 2.47. The first kappa shape index (κ1) is 42.0. The molecule has 0 radical (unpaired) electrons. The first-order valence-electron chi connectivity index (χ1n) is 20.9. The van der Waals surface area contributed by atoms with Gasteiger partial charge in [0.1, 0.15) is 5.58 Å². The molecular formula is C45H74O5. The average molecular weight is 695 g/mol. The van der Waals surface area contributed by atoms with E-state index in [0.29, 0.717) is 0 Å². The summed E-state index contributed by atoms with van der Waals surface area (Å²) in [5.41, 5.74) is 3.97. The molecule has 1 N–H and O–H groups in total. The highest BCUT2D eigenvalue weighted by molar-refractivity contribution is 6.11. The van der Waals surface area contributed by atoms with Gasteiger partial charge in [0.25, 0.3) is 0 Å². The lowest BCUT2D eigenvalue weighted by Crippen LogP contribution is -2.05. The number of aliphatic hydroxyl groups is 1. The summed E-state index contributed by atoms with van der Waals surface area (Å²) in [6, 6.07) is 6.54. The second kappa shape index (κ2) is 25.5. The van der Waals surface area contributed by atoms with Crippen LogP contribution in [0.15, 0.2) is 22.6 Å². The van der Waals surface area contributed by atoms with Crippen LogP contribution in [-0.4, -0.2) is 32.5 Å². The minimum atomic E-state index is -0.127. The third-order valence-corrected chi connectivity index (χ3v) is 10.7. The van der Waals surface area contributed by atoms with E-state index in [1.165, 1.54) is 128 Å². The monoisotopic (exact) mass is 695 g/mol. The summed E-state index contributed by atoms with van der Waals surface area (Å²) in [6.45, 7) is 4.53. The first-order valence-corrected chi connectivity index (χ1v) is 20.9. The first-order chi connectivity index (χ1) is 24.6. The van der Waals surface area contributed by atoms with Crippen LogP contribution < -0.4 is 14.2 Å². The van der Waals surface area contributed by atoms with E-state index in [-0.39, 0.29) is 6.10 Å². The van der Waals surface area contributed by atoms with Crippen molar-refractivity contribution in [3.63, 3.8) is 0 Å². The number of benzene rings is 2. The van der Waals surface area contributed by atoms with Crippen molar-refractivity contribution < 1.29 is 23.7 Å². The average Bonchev–Trinajstić information content (AvgIpc) is 3.50. The van der Waals surface area contributed by atoms with E-state index >= 15 is 0 Å². The van der Waals surface area contributed by atoms with E-state index in [1.807, 2.05) is 0 Å². The molecule has 1 atom stereocenters. The molecular weight excluding hydrogens is 620 g/mol. The summed E-state index contributed by atoms with van der Waals surface area (Å²) in [6.07, 6.45) is 33.4. The molecule has 0 saturated carbocycles.